The number of imide groups is 2. The average molecular weight is 983 g/mol. The normalized spacial score (nSPS) is 24.2. The summed E-state index contributed by atoms with van der Waals surface area (Å²) in [6, 6.07) is 14.8. The molecule has 4 aromatic carbocycles. The Morgan fingerprint density at radius 3 is 2.11 bits per heavy atom. The second-order valence-corrected chi connectivity index (χ2v) is 17.3. The molecule has 314 valence electrons. The fourth-order valence-corrected chi connectivity index (χ4v) is 10.8. The first-order chi connectivity index (χ1) is 28.9. The molecule has 4 amide bonds. The highest BCUT2D eigenvalue weighted by Crippen LogP contribution is 2.66. The number of benzene rings is 4. The largest absolute Gasteiger partial charge is 0.503 e. The Bertz CT molecular complexity index is 2610. The molecule has 8 rings (SSSR count). The van der Waals surface area contributed by atoms with E-state index in [1.165, 1.54) is 44.3 Å². The van der Waals surface area contributed by atoms with E-state index < -0.39 is 85.7 Å². The van der Waals surface area contributed by atoms with Crippen molar-refractivity contribution >= 4 is 95.5 Å². The Morgan fingerprint density at radius 1 is 0.918 bits per heavy atom. The van der Waals surface area contributed by atoms with Crippen LogP contribution in [0.5, 0.6) is 11.5 Å². The van der Waals surface area contributed by atoms with Crippen LogP contribution in [0.4, 0.5) is 32.8 Å². The van der Waals surface area contributed by atoms with Gasteiger partial charge in [0.05, 0.1) is 56.0 Å². The molecule has 2 aliphatic carbocycles. The highest BCUT2D eigenvalue weighted by Gasteiger charge is 2.71. The minimum absolute atomic E-state index is 0.00464. The number of aromatic hydroxyl groups is 1. The lowest BCUT2D eigenvalue weighted by molar-refractivity contribution is -0.392. The molecule has 1 saturated carbocycles. The number of nitrogens with one attached hydrogen (secondary N) is 1. The zero-order valence-electron chi connectivity index (χ0n) is 32.1. The van der Waals surface area contributed by atoms with Gasteiger partial charge >= 0.3 is 11.4 Å². The Hall–Kier alpha value is -5.92. The first-order valence-corrected chi connectivity index (χ1v) is 20.5. The van der Waals surface area contributed by atoms with Gasteiger partial charge < -0.3 is 14.7 Å². The topological polar surface area (TPSA) is 206 Å². The predicted octanol–water partition coefficient (Wildman–Crippen LogP) is 7.79. The van der Waals surface area contributed by atoms with Gasteiger partial charge in [0, 0.05) is 41.6 Å². The van der Waals surface area contributed by atoms with Gasteiger partial charge in [0.2, 0.25) is 11.8 Å². The molecule has 20 heteroatoms. The predicted molar refractivity (Wildman–Crippen MR) is 226 cm³/mol. The van der Waals surface area contributed by atoms with Gasteiger partial charge in [-0.3, -0.25) is 44.8 Å². The molecule has 4 aliphatic rings. The minimum atomic E-state index is -1.79. The first-order valence-electron chi connectivity index (χ1n) is 18.6. The third-order valence-electron chi connectivity index (χ3n) is 12.1. The molecule has 0 unspecified atom stereocenters. The molecule has 2 saturated heterocycles. The lowest BCUT2D eigenvalue weighted by Crippen LogP contribution is -2.53. The smallest absolute Gasteiger partial charge is 0.301 e. The summed E-state index contributed by atoms with van der Waals surface area (Å²) in [5, 5.41) is 36.8. The Balaban J connectivity index is 1.35. The zero-order valence-corrected chi connectivity index (χ0v) is 36.0. The lowest BCUT2D eigenvalue weighted by Gasteiger charge is -2.51. The lowest BCUT2D eigenvalue weighted by atomic mass is 9.49. The summed E-state index contributed by atoms with van der Waals surface area (Å²) in [6.45, 7) is 0. The van der Waals surface area contributed by atoms with Crippen LogP contribution in [-0.2, 0) is 24.6 Å². The van der Waals surface area contributed by atoms with Gasteiger partial charge in [0.15, 0.2) is 17.2 Å². The summed E-state index contributed by atoms with van der Waals surface area (Å²) in [7, 11) is 4.11. The van der Waals surface area contributed by atoms with E-state index >= 15 is 9.59 Å². The zero-order chi connectivity index (χ0) is 44.0. The van der Waals surface area contributed by atoms with Crippen LogP contribution in [0.25, 0.3) is 0 Å². The van der Waals surface area contributed by atoms with Crippen molar-refractivity contribution in [3.05, 3.63) is 130 Å². The van der Waals surface area contributed by atoms with Crippen molar-refractivity contribution in [2.24, 2.45) is 23.7 Å². The molecule has 0 radical (unpaired) electrons. The van der Waals surface area contributed by atoms with Crippen molar-refractivity contribution in [1.29, 1.82) is 0 Å². The van der Waals surface area contributed by atoms with Gasteiger partial charge in [-0.25, -0.2) is 9.29 Å². The summed E-state index contributed by atoms with van der Waals surface area (Å²) in [6.07, 6.45) is 1.55. The number of fused-ring (bicyclic) bond motifs is 4. The number of phenols is 1. The summed E-state index contributed by atoms with van der Waals surface area (Å²) < 4.78 is 20.0. The molecule has 2 N–H and O–H groups in total. The fourth-order valence-electron chi connectivity index (χ4n) is 9.69. The maximum absolute atomic E-state index is 15.5. The Kier molecular flexibility index (Phi) is 10.4. The third kappa shape index (κ3) is 6.26. The summed E-state index contributed by atoms with van der Waals surface area (Å²) in [5.74, 6) is -9.30. The van der Waals surface area contributed by atoms with Gasteiger partial charge in [-0.05, 0) is 104 Å². The second-order valence-electron chi connectivity index (χ2n) is 15.3. The van der Waals surface area contributed by atoms with E-state index in [4.69, 9.17) is 16.3 Å². The molecule has 2 heterocycles. The SMILES string of the molecule is COc1cc([C@H]2C3=CC[C@@H]4C(=O)N(c5cc([N+](=O)[O-])c(N(C)C)c([N+](=O)[O-])c5)C(=O)[C@@H]4[C@@H]3C[C@H]3C(=O)N(Nc4ccc(F)cc4)C(=O)[C@@]23c2ccc(Cl)cc2)c(Br)c(Br)c1O. The number of allylic oxidation sites excluding steroid dienone is 2. The number of methoxy groups -OCH3 is 1. The molecule has 0 aromatic heterocycles. The molecule has 2 aliphatic heterocycles. The van der Waals surface area contributed by atoms with Crippen LogP contribution in [0.3, 0.4) is 0 Å². The Morgan fingerprint density at radius 2 is 1.54 bits per heavy atom. The molecular formula is C41H32Br2ClFN6O10. The number of anilines is 3. The number of rotatable bonds is 9. The van der Waals surface area contributed by atoms with E-state index in [0.717, 1.165) is 34.2 Å². The average Bonchev–Trinajstić information content (AvgIpc) is 3.61. The highest BCUT2D eigenvalue weighted by molar-refractivity contribution is 9.13. The Labute approximate surface area is 367 Å². The number of phenolic OH excluding ortho intramolecular Hbond substituents is 1. The summed E-state index contributed by atoms with van der Waals surface area (Å²) >= 11 is 13.4. The van der Waals surface area contributed by atoms with Crippen LogP contribution in [-0.4, -0.2) is 64.8 Å². The number of hydrogen-bond acceptors (Lipinski definition) is 12. The van der Waals surface area contributed by atoms with Crippen molar-refractivity contribution in [2.75, 3.05) is 36.4 Å². The standard InChI is InChI=1S/C41H32Br2ClFN6O10/c1-47(2)35-28(50(57)58)14-22(15-29(35)51(59)60)48-37(53)24-13-12-23-25(31(24)39(48)55)16-27-38(54)49(46-21-10-8-20(45)9-11-21)40(56)41(27,18-4-6-19(44)7-5-18)32(23)26-17-30(61-3)36(52)34(43)33(26)42/h4-12,14-15,17,24-25,27,31-32,46,52H,13,16H2,1-3H3/t24-,25+,27-,31-,32+,41+/m0/s1. The van der Waals surface area contributed by atoms with Crippen LogP contribution in [0.1, 0.15) is 29.9 Å². The molecule has 16 nitrogen and oxygen atoms in total. The first kappa shape index (κ1) is 41.8. The molecule has 0 bridgehead atoms. The maximum Gasteiger partial charge on any atom is 0.301 e. The van der Waals surface area contributed by atoms with Crippen LogP contribution in [0.15, 0.2) is 87.3 Å². The quantitative estimate of drug-likeness (QED) is 0.0714. The van der Waals surface area contributed by atoms with Gasteiger partial charge in [-0.15, -0.1) is 0 Å². The van der Waals surface area contributed by atoms with Crippen molar-refractivity contribution in [1.82, 2.24) is 5.01 Å². The van der Waals surface area contributed by atoms with E-state index in [-0.39, 0.29) is 50.3 Å². The van der Waals surface area contributed by atoms with Crippen LogP contribution in [0.2, 0.25) is 5.02 Å². The second kappa shape index (κ2) is 15.2. The molecule has 61 heavy (non-hydrogen) atoms. The highest BCUT2D eigenvalue weighted by atomic mass is 79.9. The van der Waals surface area contributed by atoms with Crippen molar-refractivity contribution in [3.63, 3.8) is 0 Å². The van der Waals surface area contributed by atoms with Gasteiger partial charge in [0.25, 0.3) is 11.8 Å². The molecule has 3 fully saturated rings. The minimum Gasteiger partial charge on any atom is -0.503 e. The van der Waals surface area contributed by atoms with E-state index in [0.29, 0.717) is 21.7 Å². The molecule has 6 atom stereocenters. The summed E-state index contributed by atoms with van der Waals surface area (Å²) in [4.78, 5) is 84.6. The van der Waals surface area contributed by atoms with Crippen LogP contribution < -0.4 is 20.0 Å². The van der Waals surface area contributed by atoms with Crippen molar-refractivity contribution in [3.8, 4) is 11.5 Å². The van der Waals surface area contributed by atoms with Crippen molar-refractivity contribution in [2.45, 2.75) is 24.2 Å². The number of hydrazine groups is 1. The van der Waals surface area contributed by atoms with Crippen LogP contribution >= 0.6 is 43.5 Å². The monoisotopic (exact) mass is 980 g/mol. The molecule has 0 spiro atoms. The van der Waals surface area contributed by atoms with Gasteiger partial charge in [0.1, 0.15) is 5.82 Å². The van der Waals surface area contributed by atoms with E-state index in [9.17, 15) is 39.3 Å². The number of nitro benzene ring substituents is 2. The van der Waals surface area contributed by atoms with Gasteiger partial charge in [-0.2, -0.15) is 5.01 Å². The number of carbonyl (C=O) groups excluding carboxylic acids is 4. The number of halogens is 4. The number of nitrogens with zero attached hydrogens (tertiary/aromatic N) is 5. The number of carbonyl (C=O) groups is 4. The number of nitro groups is 2. The van der Waals surface area contributed by atoms with Gasteiger partial charge in [-0.1, -0.05) is 35.4 Å². The molecule has 4 aromatic rings. The van der Waals surface area contributed by atoms with E-state index in [1.54, 1.807) is 30.3 Å². The van der Waals surface area contributed by atoms with Crippen molar-refractivity contribution < 1.29 is 43.3 Å². The number of hydrogen-bond donors (Lipinski definition) is 2. The molecular weight excluding hydrogens is 951 g/mol. The van der Waals surface area contributed by atoms with E-state index in [2.05, 4.69) is 37.3 Å². The number of ether oxygens (including phenoxy) is 1. The fraction of sp³-hybridized carbons (Fsp3) is 0.268. The third-order valence-corrected chi connectivity index (χ3v) is 14.5. The number of amides is 4. The maximum atomic E-state index is 15.5. The summed E-state index contributed by atoms with van der Waals surface area (Å²) in [5.41, 5.74) is 0.428. The van der Waals surface area contributed by atoms with Crippen LogP contribution in [0, 0.1) is 49.7 Å². The van der Waals surface area contributed by atoms with E-state index in [1.807, 2.05) is 0 Å².